The van der Waals surface area contributed by atoms with E-state index in [0.717, 1.165) is 10.4 Å². The molecular formula is C17H18N4O3S2. The normalized spacial score (nSPS) is 10.6. The molecule has 0 saturated carbocycles. The highest BCUT2D eigenvalue weighted by molar-refractivity contribution is 7.71. The summed E-state index contributed by atoms with van der Waals surface area (Å²) in [4.78, 5) is 13.5. The Morgan fingerprint density at radius 3 is 2.73 bits per heavy atom. The minimum atomic E-state index is -0.212. The number of rotatable bonds is 6. The summed E-state index contributed by atoms with van der Waals surface area (Å²) in [7, 11) is 3.12. The second kappa shape index (κ2) is 7.71. The van der Waals surface area contributed by atoms with Crippen LogP contribution in [-0.4, -0.2) is 34.9 Å². The lowest BCUT2D eigenvalue weighted by atomic mass is 10.1. The SMILES string of the molecule is COc1cc(C)c(NC(=O)Cn2c(-c3cccs3)n[nH]c2=S)cc1OC. The molecule has 2 aromatic heterocycles. The van der Waals surface area contributed by atoms with E-state index in [-0.39, 0.29) is 12.5 Å². The molecular weight excluding hydrogens is 372 g/mol. The van der Waals surface area contributed by atoms with Gasteiger partial charge in [0.25, 0.3) is 0 Å². The van der Waals surface area contributed by atoms with Crippen LogP contribution in [0, 0.1) is 11.7 Å². The Morgan fingerprint density at radius 1 is 1.35 bits per heavy atom. The maximum atomic E-state index is 12.6. The third-order valence-corrected chi connectivity index (χ3v) is 4.98. The van der Waals surface area contributed by atoms with Crippen LogP contribution in [0.5, 0.6) is 11.5 Å². The summed E-state index contributed by atoms with van der Waals surface area (Å²) in [5, 5.41) is 11.8. The zero-order chi connectivity index (χ0) is 18.7. The average molecular weight is 390 g/mol. The monoisotopic (exact) mass is 390 g/mol. The molecule has 3 rings (SSSR count). The highest BCUT2D eigenvalue weighted by atomic mass is 32.1. The van der Waals surface area contributed by atoms with Crippen LogP contribution in [-0.2, 0) is 11.3 Å². The number of aryl methyl sites for hydroxylation is 1. The number of amides is 1. The van der Waals surface area contributed by atoms with Gasteiger partial charge in [-0.3, -0.25) is 14.5 Å². The topological polar surface area (TPSA) is 81.2 Å². The Labute approximate surface area is 159 Å². The number of benzene rings is 1. The van der Waals surface area contributed by atoms with E-state index in [2.05, 4.69) is 15.5 Å². The molecule has 9 heteroatoms. The predicted molar refractivity (Wildman–Crippen MR) is 104 cm³/mol. The average Bonchev–Trinajstić information content (AvgIpc) is 3.27. The first-order valence-electron chi connectivity index (χ1n) is 7.75. The lowest BCUT2D eigenvalue weighted by Crippen LogP contribution is -2.20. The summed E-state index contributed by atoms with van der Waals surface area (Å²) in [6.07, 6.45) is 0. The number of hydrogen-bond donors (Lipinski definition) is 2. The van der Waals surface area contributed by atoms with Crippen molar-refractivity contribution in [2.24, 2.45) is 0 Å². The molecule has 0 saturated heterocycles. The summed E-state index contributed by atoms with van der Waals surface area (Å²) in [6.45, 7) is 1.94. The van der Waals surface area contributed by atoms with Crippen LogP contribution in [0.15, 0.2) is 29.6 Å². The summed E-state index contributed by atoms with van der Waals surface area (Å²) in [5.74, 6) is 1.59. The van der Waals surface area contributed by atoms with Gasteiger partial charge in [0.15, 0.2) is 22.1 Å². The number of carbonyl (C=O) groups is 1. The van der Waals surface area contributed by atoms with Gasteiger partial charge >= 0.3 is 0 Å². The van der Waals surface area contributed by atoms with Crippen molar-refractivity contribution in [2.75, 3.05) is 19.5 Å². The number of H-pyrrole nitrogens is 1. The third-order valence-electron chi connectivity index (χ3n) is 3.81. The summed E-state index contributed by atoms with van der Waals surface area (Å²) in [5.41, 5.74) is 1.52. The van der Waals surface area contributed by atoms with Crippen molar-refractivity contribution in [2.45, 2.75) is 13.5 Å². The number of hydrogen-bond acceptors (Lipinski definition) is 6. The van der Waals surface area contributed by atoms with Crippen molar-refractivity contribution in [3.63, 3.8) is 0 Å². The highest BCUT2D eigenvalue weighted by Crippen LogP contribution is 2.33. The quantitative estimate of drug-likeness (QED) is 0.628. The Hall–Kier alpha value is -2.65. The minimum absolute atomic E-state index is 0.0519. The van der Waals surface area contributed by atoms with Gasteiger partial charge in [-0.05, 0) is 42.2 Å². The van der Waals surface area contributed by atoms with Crippen LogP contribution in [0.2, 0.25) is 0 Å². The molecule has 0 aliphatic carbocycles. The fraction of sp³-hybridized carbons (Fsp3) is 0.235. The van der Waals surface area contributed by atoms with E-state index >= 15 is 0 Å². The number of methoxy groups -OCH3 is 2. The van der Waals surface area contributed by atoms with Gasteiger partial charge in [0.05, 0.1) is 19.1 Å². The lowest BCUT2D eigenvalue weighted by molar-refractivity contribution is -0.116. The Balaban J connectivity index is 1.83. The van der Waals surface area contributed by atoms with E-state index in [0.29, 0.717) is 27.8 Å². The van der Waals surface area contributed by atoms with Gasteiger partial charge in [-0.2, -0.15) is 5.10 Å². The van der Waals surface area contributed by atoms with Crippen molar-refractivity contribution in [3.8, 4) is 22.2 Å². The number of carbonyl (C=O) groups excluding carboxylic acids is 1. The second-order valence-electron chi connectivity index (χ2n) is 5.49. The van der Waals surface area contributed by atoms with Crippen LogP contribution in [0.25, 0.3) is 10.7 Å². The van der Waals surface area contributed by atoms with Gasteiger partial charge in [0, 0.05) is 11.8 Å². The standard InChI is InChI=1S/C17H18N4O3S2/c1-10-7-12(23-2)13(24-3)8-11(10)18-15(22)9-21-16(19-20-17(21)25)14-5-4-6-26-14/h4-8H,9H2,1-3H3,(H,18,22)(H,20,25). The van der Waals surface area contributed by atoms with Crippen LogP contribution in [0.3, 0.4) is 0 Å². The Kier molecular flexibility index (Phi) is 5.38. The number of anilines is 1. The minimum Gasteiger partial charge on any atom is -0.493 e. The van der Waals surface area contributed by atoms with E-state index in [9.17, 15) is 4.79 Å². The fourth-order valence-electron chi connectivity index (χ4n) is 2.51. The van der Waals surface area contributed by atoms with E-state index in [4.69, 9.17) is 21.7 Å². The zero-order valence-electron chi connectivity index (χ0n) is 14.5. The van der Waals surface area contributed by atoms with Crippen molar-refractivity contribution in [1.82, 2.24) is 14.8 Å². The van der Waals surface area contributed by atoms with Crippen molar-refractivity contribution in [1.29, 1.82) is 0 Å². The predicted octanol–water partition coefficient (Wildman–Crippen LogP) is 3.63. The molecule has 0 spiro atoms. The second-order valence-corrected chi connectivity index (χ2v) is 6.82. The summed E-state index contributed by atoms with van der Waals surface area (Å²) >= 11 is 6.80. The largest absolute Gasteiger partial charge is 0.493 e. The molecule has 0 radical (unpaired) electrons. The van der Waals surface area contributed by atoms with Crippen LogP contribution in [0.1, 0.15) is 5.56 Å². The first-order valence-corrected chi connectivity index (χ1v) is 9.03. The van der Waals surface area contributed by atoms with E-state index < -0.39 is 0 Å². The maximum absolute atomic E-state index is 12.6. The number of nitrogens with one attached hydrogen (secondary N) is 2. The Morgan fingerprint density at radius 2 is 2.08 bits per heavy atom. The lowest BCUT2D eigenvalue weighted by Gasteiger charge is -2.14. The van der Waals surface area contributed by atoms with E-state index in [1.165, 1.54) is 11.3 Å². The van der Waals surface area contributed by atoms with E-state index in [1.807, 2.05) is 30.5 Å². The molecule has 3 aromatic rings. The van der Waals surface area contributed by atoms with Crippen molar-refractivity contribution >= 4 is 35.1 Å². The molecule has 26 heavy (non-hydrogen) atoms. The van der Waals surface area contributed by atoms with Gasteiger partial charge in [0.2, 0.25) is 5.91 Å². The highest BCUT2D eigenvalue weighted by Gasteiger charge is 2.15. The summed E-state index contributed by atoms with van der Waals surface area (Å²) in [6, 6.07) is 7.41. The maximum Gasteiger partial charge on any atom is 0.244 e. The van der Waals surface area contributed by atoms with Crippen LogP contribution in [0.4, 0.5) is 5.69 Å². The molecule has 1 amide bonds. The van der Waals surface area contributed by atoms with Crippen LogP contribution >= 0.6 is 23.6 Å². The molecule has 0 atom stereocenters. The third kappa shape index (κ3) is 3.63. The Bertz CT molecular complexity index is 977. The molecule has 0 unspecified atom stereocenters. The van der Waals surface area contributed by atoms with Gasteiger partial charge in [-0.1, -0.05) is 6.07 Å². The number of ether oxygens (including phenoxy) is 2. The van der Waals surface area contributed by atoms with Gasteiger partial charge in [-0.15, -0.1) is 11.3 Å². The first kappa shape index (κ1) is 18.2. The zero-order valence-corrected chi connectivity index (χ0v) is 16.2. The molecule has 2 N–H and O–H groups in total. The number of thiophene rings is 1. The molecule has 0 fully saturated rings. The van der Waals surface area contributed by atoms with Gasteiger partial charge < -0.3 is 14.8 Å². The molecule has 0 aliphatic rings. The smallest absolute Gasteiger partial charge is 0.244 e. The molecule has 0 aliphatic heterocycles. The van der Waals surface area contributed by atoms with E-state index in [1.54, 1.807) is 24.9 Å². The number of nitrogens with zero attached hydrogens (tertiary/aromatic N) is 2. The number of aromatic amines is 1. The summed E-state index contributed by atoms with van der Waals surface area (Å²) < 4.78 is 12.6. The first-order chi connectivity index (χ1) is 12.5. The molecule has 1 aromatic carbocycles. The van der Waals surface area contributed by atoms with Gasteiger partial charge in [-0.25, -0.2) is 0 Å². The molecule has 0 bridgehead atoms. The van der Waals surface area contributed by atoms with Crippen LogP contribution < -0.4 is 14.8 Å². The van der Waals surface area contributed by atoms with Crippen molar-refractivity contribution < 1.29 is 14.3 Å². The fourth-order valence-corrected chi connectivity index (χ4v) is 3.43. The molecule has 136 valence electrons. The molecule has 2 heterocycles. The molecule has 7 nitrogen and oxygen atoms in total. The van der Waals surface area contributed by atoms with Crippen molar-refractivity contribution in [3.05, 3.63) is 40.0 Å². The van der Waals surface area contributed by atoms with Gasteiger partial charge in [0.1, 0.15) is 6.54 Å². The number of aromatic nitrogens is 3.